The third-order valence-corrected chi connectivity index (χ3v) is 6.67. The number of nitrogens with zero attached hydrogens (tertiary/aromatic N) is 3. The lowest BCUT2D eigenvalue weighted by Crippen LogP contribution is -2.40. The van der Waals surface area contributed by atoms with Crippen LogP contribution in [-0.2, 0) is 28.9 Å². The van der Waals surface area contributed by atoms with Crippen LogP contribution in [0.4, 0.5) is 0 Å². The van der Waals surface area contributed by atoms with Crippen molar-refractivity contribution < 1.29 is 19.1 Å². The van der Waals surface area contributed by atoms with E-state index in [2.05, 4.69) is 9.69 Å². The molecule has 1 fully saturated rings. The zero-order valence-corrected chi connectivity index (χ0v) is 18.1. The van der Waals surface area contributed by atoms with E-state index in [4.69, 9.17) is 14.6 Å². The first-order valence-electron chi connectivity index (χ1n) is 10.6. The average molecular weight is 433 g/mol. The minimum Gasteiger partial charge on any atom is -0.462 e. The zero-order chi connectivity index (χ0) is 21.0. The molecule has 0 bridgehead atoms. The number of esters is 1. The van der Waals surface area contributed by atoms with E-state index >= 15 is 0 Å². The fraction of sp³-hybridized carbons (Fsp3) is 0.619. The van der Waals surface area contributed by atoms with E-state index in [9.17, 15) is 9.59 Å². The highest BCUT2D eigenvalue weighted by Crippen LogP contribution is 2.37. The van der Waals surface area contributed by atoms with Crippen LogP contribution in [0.1, 0.15) is 64.7 Å². The van der Waals surface area contributed by atoms with E-state index in [-0.39, 0.29) is 17.3 Å². The van der Waals surface area contributed by atoms with Gasteiger partial charge in [-0.2, -0.15) is 5.10 Å². The fourth-order valence-corrected chi connectivity index (χ4v) is 4.82. The molecule has 1 N–H and O–H groups in total. The summed E-state index contributed by atoms with van der Waals surface area (Å²) >= 11 is 1.24. The van der Waals surface area contributed by atoms with Crippen LogP contribution < -0.4 is 5.32 Å². The molecule has 1 saturated heterocycles. The lowest BCUT2D eigenvalue weighted by Gasteiger charge is -2.36. The van der Waals surface area contributed by atoms with Gasteiger partial charge in [0.2, 0.25) is 0 Å². The standard InChI is InChI=1S/C21H28N4O4S/c1-2-25-18-16(11-21(14-22-19(18)26)6-9-28-10-7-21)17(24-25)5-3-4-8-29-20(27)15-12-23-30-13-15/h12-13H,2-11,14H2,1H3,(H,22,26). The fourth-order valence-electron chi connectivity index (χ4n) is 4.31. The maximum atomic E-state index is 12.8. The molecule has 9 heteroatoms. The van der Waals surface area contributed by atoms with Gasteiger partial charge in [-0.3, -0.25) is 9.48 Å². The third kappa shape index (κ3) is 4.41. The van der Waals surface area contributed by atoms with Gasteiger partial charge >= 0.3 is 5.97 Å². The number of aryl methyl sites for hydroxylation is 2. The second-order valence-corrected chi connectivity index (χ2v) is 8.72. The Morgan fingerprint density at radius 3 is 2.93 bits per heavy atom. The third-order valence-electron chi connectivity index (χ3n) is 6.09. The Labute approximate surface area is 180 Å². The number of ether oxygens (including phenoxy) is 2. The molecule has 30 heavy (non-hydrogen) atoms. The first-order chi connectivity index (χ1) is 14.6. The highest BCUT2D eigenvalue weighted by atomic mass is 32.1. The van der Waals surface area contributed by atoms with Gasteiger partial charge in [0.15, 0.2) is 0 Å². The minimum absolute atomic E-state index is 0.0210. The molecule has 2 aromatic rings. The summed E-state index contributed by atoms with van der Waals surface area (Å²) in [7, 11) is 0. The second kappa shape index (κ2) is 9.26. The summed E-state index contributed by atoms with van der Waals surface area (Å²) in [5, 5.41) is 9.58. The summed E-state index contributed by atoms with van der Waals surface area (Å²) in [6, 6.07) is 0. The first kappa shape index (κ1) is 21.0. The number of rotatable bonds is 7. The van der Waals surface area contributed by atoms with Gasteiger partial charge in [-0.05, 0) is 62.4 Å². The largest absolute Gasteiger partial charge is 0.462 e. The summed E-state index contributed by atoms with van der Waals surface area (Å²) in [6.45, 7) is 5.23. The second-order valence-electron chi connectivity index (χ2n) is 8.07. The van der Waals surface area contributed by atoms with Crippen molar-refractivity contribution in [2.24, 2.45) is 5.41 Å². The van der Waals surface area contributed by atoms with Crippen molar-refractivity contribution in [1.82, 2.24) is 19.5 Å². The number of hydrogen-bond donors (Lipinski definition) is 1. The van der Waals surface area contributed by atoms with E-state index in [1.54, 1.807) is 5.38 Å². The summed E-state index contributed by atoms with van der Waals surface area (Å²) in [4.78, 5) is 24.7. The Hall–Kier alpha value is -2.26. The molecule has 0 radical (unpaired) electrons. The van der Waals surface area contributed by atoms with Gasteiger partial charge < -0.3 is 14.8 Å². The number of nitrogens with one attached hydrogen (secondary N) is 1. The van der Waals surface area contributed by atoms with Crippen LogP contribution in [0.2, 0.25) is 0 Å². The number of unbranched alkanes of at least 4 members (excludes halogenated alkanes) is 1. The summed E-state index contributed by atoms with van der Waals surface area (Å²) in [6.07, 6.45) is 6.67. The average Bonchev–Trinajstić information content (AvgIpc) is 3.38. The number of amides is 1. The summed E-state index contributed by atoms with van der Waals surface area (Å²) in [5.74, 6) is -0.349. The van der Waals surface area contributed by atoms with Gasteiger partial charge in [-0.1, -0.05) is 0 Å². The molecule has 0 unspecified atom stereocenters. The molecule has 162 valence electrons. The van der Waals surface area contributed by atoms with Crippen LogP contribution in [-0.4, -0.2) is 52.4 Å². The Morgan fingerprint density at radius 2 is 2.20 bits per heavy atom. The van der Waals surface area contributed by atoms with E-state index in [1.165, 1.54) is 17.7 Å². The molecule has 1 spiro atoms. The molecule has 8 nitrogen and oxygen atoms in total. The van der Waals surface area contributed by atoms with Crippen LogP contribution >= 0.6 is 11.5 Å². The van der Waals surface area contributed by atoms with Crippen LogP contribution in [0.5, 0.6) is 0 Å². The maximum Gasteiger partial charge on any atom is 0.340 e. The smallest absolute Gasteiger partial charge is 0.340 e. The van der Waals surface area contributed by atoms with Gasteiger partial charge in [0.25, 0.3) is 5.91 Å². The maximum absolute atomic E-state index is 12.8. The predicted molar refractivity (Wildman–Crippen MR) is 112 cm³/mol. The molecule has 2 aliphatic heterocycles. The van der Waals surface area contributed by atoms with Crippen molar-refractivity contribution in [3.8, 4) is 0 Å². The van der Waals surface area contributed by atoms with Crippen molar-refractivity contribution in [2.75, 3.05) is 26.4 Å². The molecule has 0 aliphatic carbocycles. The first-order valence-corrected chi connectivity index (χ1v) is 11.5. The van der Waals surface area contributed by atoms with Crippen LogP contribution in [0, 0.1) is 5.41 Å². The molecule has 1 amide bonds. The number of aromatic nitrogens is 3. The summed E-state index contributed by atoms with van der Waals surface area (Å²) in [5.41, 5.74) is 3.37. The lowest BCUT2D eigenvalue weighted by molar-refractivity contribution is 0.0160. The number of carbonyl (C=O) groups is 2. The van der Waals surface area contributed by atoms with Gasteiger partial charge in [-0.25, -0.2) is 9.17 Å². The zero-order valence-electron chi connectivity index (χ0n) is 17.3. The summed E-state index contributed by atoms with van der Waals surface area (Å²) < 4.78 is 16.6. The van der Waals surface area contributed by atoms with E-state index < -0.39 is 0 Å². The molecule has 2 aromatic heterocycles. The molecule has 0 atom stereocenters. The Bertz CT molecular complexity index is 887. The van der Waals surface area contributed by atoms with Crippen LogP contribution in [0.25, 0.3) is 0 Å². The molecule has 4 heterocycles. The van der Waals surface area contributed by atoms with Crippen molar-refractivity contribution in [3.05, 3.63) is 34.1 Å². The topological polar surface area (TPSA) is 95.3 Å². The minimum atomic E-state index is -0.328. The number of hydrogen-bond acceptors (Lipinski definition) is 7. The molecule has 0 aromatic carbocycles. The van der Waals surface area contributed by atoms with Crippen molar-refractivity contribution in [1.29, 1.82) is 0 Å². The molecular formula is C21H28N4O4S. The Morgan fingerprint density at radius 1 is 1.37 bits per heavy atom. The predicted octanol–water partition coefficient (Wildman–Crippen LogP) is 2.62. The van der Waals surface area contributed by atoms with Crippen molar-refractivity contribution >= 4 is 23.4 Å². The van der Waals surface area contributed by atoms with E-state index in [0.29, 0.717) is 31.0 Å². The van der Waals surface area contributed by atoms with Gasteiger partial charge in [0, 0.05) is 37.2 Å². The number of fused-ring (bicyclic) bond motifs is 1. The van der Waals surface area contributed by atoms with E-state index in [1.807, 2.05) is 11.6 Å². The van der Waals surface area contributed by atoms with Crippen molar-refractivity contribution in [2.45, 2.75) is 52.0 Å². The monoisotopic (exact) mass is 432 g/mol. The van der Waals surface area contributed by atoms with Gasteiger partial charge in [0.05, 0.1) is 24.1 Å². The van der Waals surface area contributed by atoms with E-state index in [0.717, 1.165) is 63.0 Å². The Kier molecular flexibility index (Phi) is 6.48. The molecule has 4 rings (SSSR count). The van der Waals surface area contributed by atoms with Gasteiger partial charge in [0.1, 0.15) is 5.69 Å². The highest BCUT2D eigenvalue weighted by molar-refractivity contribution is 7.03. The molecule has 2 aliphatic rings. The normalized spacial score (nSPS) is 18.0. The molecule has 0 saturated carbocycles. The van der Waals surface area contributed by atoms with Crippen LogP contribution in [0.3, 0.4) is 0 Å². The lowest BCUT2D eigenvalue weighted by atomic mass is 9.75. The number of carbonyl (C=O) groups excluding carboxylic acids is 2. The quantitative estimate of drug-likeness (QED) is 0.534. The highest BCUT2D eigenvalue weighted by Gasteiger charge is 2.39. The SMILES string of the molecule is CCn1nc(CCCCOC(=O)c2cnsc2)c2c1C(=O)NCC1(CCOCC1)C2. The molecular weight excluding hydrogens is 404 g/mol. The van der Waals surface area contributed by atoms with Crippen LogP contribution in [0.15, 0.2) is 11.6 Å². The van der Waals surface area contributed by atoms with Crippen molar-refractivity contribution in [3.63, 3.8) is 0 Å². The van der Waals surface area contributed by atoms with Gasteiger partial charge in [-0.15, -0.1) is 0 Å². The Balaban J connectivity index is 1.41.